The van der Waals surface area contributed by atoms with E-state index in [1.165, 1.54) is 11.3 Å². The predicted octanol–water partition coefficient (Wildman–Crippen LogP) is 2.57. The molecule has 0 unspecified atom stereocenters. The average Bonchev–Trinajstić information content (AvgIpc) is 2.74. The molecule has 130 valence electrons. The van der Waals surface area contributed by atoms with Gasteiger partial charge in [0, 0.05) is 18.8 Å². The van der Waals surface area contributed by atoms with Gasteiger partial charge < -0.3 is 15.4 Å². The number of ether oxygens (including phenoxy) is 1. The zero-order valence-electron chi connectivity index (χ0n) is 15.1. The molecular formula is C17H30N4O2. The molecule has 6 heteroatoms. The van der Waals surface area contributed by atoms with Gasteiger partial charge in [-0.2, -0.15) is 5.10 Å². The lowest BCUT2D eigenvalue weighted by Gasteiger charge is -2.34. The van der Waals surface area contributed by atoms with Gasteiger partial charge >= 0.3 is 6.09 Å². The second-order valence-electron chi connectivity index (χ2n) is 7.33. The van der Waals surface area contributed by atoms with Crippen LogP contribution in [0.3, 0.4) is 0 Å². The Kier molecular flexibility index (Phi) is 5.34. The Hall–Kier alpha value is -1.56. The summed E-state index contributed by atoms with van der Waals surface area (Å²) in [5, 5.41) is 4.71. The first-order valence-electron chi connectivity index (χ1n) is 8.45. The van der Waals surface area contributed by atoms with Gasteiger partial charge in [0.2, 0.25) is 0 Å². The summed E-state index contributed by atoms with van der Waals surface area (Å²) in [7, 11) is 0. The number of aryl methyl sites for hydroxylation is 1. The zero-order valence-corrected chi connectivity index (χ0v) is 15.1. The van der Waals surface area contributed by atoms with E-state index < -0.39 is 5.60 Å². The summed E-state index contributed by atoms with van der Waals surface area (Å²) in [4.78, 5) is 13.9. The van der Waals surface area contributed by atoms with Gasteiger partial charge in [0.05, 0.1) is 11.7 Å². The van der Waals surface area contributed by atoms with Gasteiger partial charge in [-0.3, -0.25) is 4.68 Å². The number of amides is 1. The van der Waals surface area contributed by atoms with Gasteiger partial charge in [0.25, 0.3) is 0 Å². The number of hydrogen-bond acceptors (Lipinski definition) is 4. The number of nitrogens with zero attached hydrogens (tertiary/aromatic N) is 3. The molecule has 1 amide bonds. The molecular weight excluding hydrogens is 292 g/mol. The standard InChI is InChI=1S/C17H30N4O2/c1-12-15(6-9-18)13(2)21(19-12)14-7-10-20(11-8-14)16(22)23-17(3,4)5/h14H,6-11,18H2,1-5H3. The molecule has 1 saturated heterocycles. The molecule has 2 N–H and O–H groups in total. The van der Waals surface area contributed by atoms with Crippen molar-refractivity contribution in [1.29, 1.82) is 0 Å². The fraction of sp³-hybridized carbons (Fsp3) is 0.765. The summed E-state index contributed by atoms with van der Waals surface area (Å²) in [6, 6.07) is 0.346. The quantitative estimate of drug-likeness (QED) is 0.928. The first-order valence-corrected chi connectivity index (χ1v) is 8.45. The highest BCUT2D eigenvalue weighted by Gasteiger charge is 2.29. The Labute approximate surface area is 139 Å². The summed E-state index contributed by atoms with van der Waals surface area (Å²) in [5.74, 6) is 0. The highest BCUT2D eigenvalue weighted by atomic mass is 16.6. The molecule has 1 fully saturated rings. The molecule has 2 heterocycles. The second-order valence-corrected chi connectivity index (χ2v) is 7.33. The van der Waals surface area contributed by atoms with Crippen molar-refractivity contribution < 1.29 is 9.53 Å². The summed E-state index contributed by atoms with van der Waals surface area (Å²) >= 11 is 0. The van der Waals surface area contributed by atoms with E-state index >= 15 is 0 Å². The lowest BCUT2D eigenvalue weighted by atomic mass is 10.0. The minimum Gasteiger partial charge on any atom is -0.444 e. The first kappa shape index (κ1) is 17.8. The van der Waals surface area contributed by atoms with E-state index in [1.54, 1.807) is 4.90 Å². The van der Waals surface area contributed by atoms with Crippen LogP contribution >= 0.6 is 0 Å². The number of piperidine rings is 1. The lowest BCUT2D eigenvalue weighted by molar-refractivity contribution is 0.0184. The number of likely N-dealkylation sites (tertiary alicyclic amines) is 1. The number of aromatic nitrogens is 2. The normalized spacial score (nSPS) is 16.7. The van der Waals surface area contributed by atoms with Crippen LogP contribution in [0.5, 0.6) is 0 Å². The van der Waals surface area contributed by atoms with Crippen LogP contribution in [0.1, 0.15) is 56.6 Å². The molecule has 0 atom stereocenters. The molecule has 2 rings (SSSR count). The fourth-order valence-electron chi connectivity index (χ4n) is 3.18. The third-order valence-electron chi connectivity index (χ3n) is 4.33. The lowest BCUT2D eigenvalue weighted by Crippen LogP contribution is -2.42. The first-order chi connectivity index (χ1) is 10.7. The topological polar surface area (TPSA) is 73.4 Å². The molecule has 1 aliphatic heterocycles. The van der Waals surface area contributed by atoms with Gasteiger partial charge in [-0.05, 0) is 66.0 Å². The fourth-order valence-corrected chi connectivity index (χ4v) is 3.18. The second kappa shape index (κ2) is 6.91. The smallest absolute Gasteiger partial charge is 0.410 e. The van der Waals surface area contributed by atoms with Crippen LogP contribution in [0.4, 0.5) is 4.79 Å². The highest BCUT2D eigenvalue weighted by Crippen LogP contribution is 2.27. The van der Waals surface area contributed by atoms with Crippen molar-refractivity contribution >= 4 is 6.09 Å². The molecule has 0 aromatic carbocycles. The van der Waals surface area contributed by atoms with E-state index in [0.717, 1.165) is 25.0 Å². The van der Waals surface area contributed by atoms with Crippen molar-refractivity contribution in [1.82, 2.24) is 14.7 Å². The maximum absolute atomic E-state index is 12.1. The monoisotopic (exact) mass is 322 g/mol. The molecule has 23 heavy (non-hydrogen) atoms. The third-order valence-corrected chi connectivity index (χ3v) is 4.33. The van der Waals surface area contributed by atoms with Gasteiger partial charge in [0.1, 0.15) is 5.60 Å². The number of rotatable bonds is 3. The molecule has 0 saturated carbocycles. The van der Waals surface area contributed by atoms with Crippen molar-refractivity contribution in [3.8, 4) is 0 Å². The van der Waals surface area contributed by atoms with Crippen LogP contribution in [-0.2, 0) is 11.2 Å². The van der Waals surface area contributed by atoms with Crippen LogP contribution in [0.25, 0.3) is 0 Å². The van der Waals surface area contributed by atoms with Crippen LogP contribution in [0, 0.1) is 13.8 Å². The van der Waals surface area contributed by atoms with E-state index in [9.17, 15) is 4.79 Å². The maximum Gasteiger partial charge on any atom is 0.410 e. The van der Waals surface area contributed by atoms with Crippen LogP contribution in [0.15, 0.2) is 0 Å². The van der Waals surface area contributed by atoms with E-state index in [0.29, 0.717) is 25.7 Å². The molecule has 0 aliphatic carbocycles. The van der Waals surface area contributed by atoms with E-state index in [4.69, 9.17) is 15.6 Å². The van der Waals surface area contributed by atoms with Crippen molar-refractivity contribution in [3.05, 3.63) is 17.0 Å². The molecule has 0 spiro atoms. The number of nitrogens with two attached hydrogens (primary N) is 1. The maximum atomic E-state index is 12.1. The van der Waals surface area contributed by atoms with Crippen molar-refractivity contribution in [2.75, 3.05) is 19.6 Å². The van der Waals surface area contributed by atoms with Gasteiger partial charge in [-0.15, -0.1) is 0 Å². The Morgan fingerprint density at radius 2 is 1.91 bits per heavy atom. The van der Waals surface area contributed by atoms with E-state index in [-0.39, 0.29) is 6.09 Å². The van der Waals surface area contributed by atoms with Crippen molar-refractivity contribution in [2.24, 2.45) is 5.73 Å². The average molecular weight is 322 g/mol. The zero-order chi connectivity index (χ0) is 17.2. The van der Waals surface area contributed by atoms with Crippen LogP contribution < -0.4 is 5.73 Å². The Bertz CT molecular complexity index is 552. The van der Waals surface area contributed by atoms with Crippen LogP contribution in [-0.4, -0.2) is 46.0 Å². The largest absolute Gasteiger partial charge is 0.444 e. The number of carbonyl (C=O) groups is 1. The summed E-state index contributed by atoms with van der Waals surface area (Å²) < 4.78 is 7.58. The number of carbonyl (C=O) groups excluding carboxylic acids is 1. The van der Waals surface area contributed by atoms with E-state index in [1.807, 2.05) is 27.7 Å². The Balaban J connectivity index is 2.00. The Morgan fingerprint density at radius 3 is 2.43 bits per heavy atom. The predicted molar refractivity (Wildman–Crippen MR) is 90.5 cm³/mol. The molecule has 0 bridgehead atoms. The number of hydrogen-bond donors (Lipinski definition) is 1. The summed E-state index contributed by atoms with van der Waals surface area (Å²) in [6.45, 7) is 11.9. The summed E-state index contributed by atoms with van der Waals surface area (Å²) in [5.41, 5.74) is 8.80. The van der Waals surface area contributed by atoms with Gasteiger partial charge in [-0.1, -0.05) is 0 Å². The SMILES string of the molecule is Cc1nn(C2CCN(C(=O)OC(C)(C)C)CC2)c(C)c1CCN. The van der Waals surface area contributed by atoms with Crippen LogP contribution in [0.2, 0.25) is 0 Å². The highest BCUT2D eigenvalue weighted by molar-refractivity contribution is 5.68. The van der Waals surface area contributed by atoms with Gasteiger partial charge in [0.15, 0.2) is 0 Å². The van der Waals surface area contributed by atoms with Crippen molar-refractivity contribution in [3.63, 3.8) is 0 Å². The van der Waals surface area contributed by atoms with Gasteiger partial charge in [-0.25, -0.2) is 4.79 Å². The van der Waals surface area contributed by atoms with Crippen molar-refractivity contribution in [2.45, 2.75) is 65.5 Å². The molecule has 1 aromatic heterocycles. The molecule has 1 aromatic rings. The molecule has 1 aliphatic rings. The minimum absolute atomic E-state index is 0.215. The van der Waals surface area contributed by atoms with E-state index in [2.05, 4.69) is 11.6 Å². The minimum atomic E-state index is -0.444. The molecule has 6 nitrogen and oxygen atoms in total. The Morgan fingerprint density at radius 1 is 1.30 bits per heavy atom. The summed E-state index contributed by atoms with van der Waals surface area (Å²) in [6.07, 6.45) is 2.47. The third kappa shape index (κ3) is 4.25. The molecule has 0 radical (unpaired) electrons.